The molecule has 1 fully saturated rings. The van der Waals surface area contributed by atoms with E-state index in [0.717, 1.165) is 31.9 Å². The van der Waals surface area contributed by atoms with E-state index in [-0.39, 0.29) is 5.28 Å². The van der Waals surface area contributed by atoms with Crippen LogP contribution in [0.4, 0.5) is 11.5 Å². The molecule has 2 rings (SSSR count). The second kappa shape index (κ2) is 5.06. The van der Waals surface area contributed by atoms with Crippen molar-refractivity contribution in [2.24, 2.45) is 0 Å². The molecule has 0 aliphatic carbocycles. The fourth-order valence-electron chi connectivity index (χ4n) is 2.28. The maximum atomic E-state index is 5.93. The number of anilines is 2. The minimum absolute atomic E-state index is 0.249. The predicted molar refractivity (Wildman–Crippen MR) is 70.4 cm³/mol. The highest BCUT2D eigenvalue weighted by Gasteiger charge is 2.22. The average Bonchev–Trinajstić information content (AvgIpc) is 2.43. The SMILES string of the molecule is CC1CN(C)CCCN1c1nc(Cl)ncc1N. The number of hydrogen-bond acceptors (Lipinski definition) is 5. The first kappa shape index (κ1) is 12.4. The van der Waals surface area contributed by atoms with Gasteiger partial charge in [0.05, 0.1) is 11.9 Å². The molecule has 1 aliphatic rings. The number of aromatic nitrogens is 2. The van der Waals surface area contributed by atoms with Crippen LogP contribution in [0, 0.1) is 0 Å². The molecule has 0 radical (unpaired) electrons. The van der Waals surface area contributed by atoms with Gasteiger partial charge in [-0.25, -0.2) is 4.98 Å². The van der Waals surface area contributed by atoms with Crippen molar-refractivity contribution in [1.82, 2.24) is 14.9 Å². The summed E-state index contributed by atoms with van der Waals surface area (Å²) in [4.78, 5) is 12.7. The molecule has 1 aromatic heterocycles. The van der Waals surface area contributed by atoms with Crippen LogP contribution < -0.4 is 10.6 Å². The number of nitrogen functional groups attached to an aromatic ring is 1. The number of halogens is 1. The summed E-state index contributed by atoms with van der Waals surface area (Å²) in [7, 11) is 2.14. The molecule has 0 amide bonds. The van der Waals surface area contributed by atoms with E-state index in [1.54, 1.807) is 6.20 Å². The Morgan fingerprint density at radius 1 is 1.47 bits per heavy atom. The van der Waals surface area contributed by atoms with Crippen LogP contribution in [0.25, 0.3) is 0 Å². The zero-order chi connectivity index (χ0) is 12.4. The molecule has 94 valence electrons. The van der Waals surface area contributed by atoms with Crippen LogP contribution in [-0.4, -0.2) is 47.6 Å². The van der Waals surface area contributed by atoms with E-state index in [2.05, 4.69) is 33.7 Å². The smallest absolute Gasteiger partial charge is 0.224 e. The molecule has 1 aliphatic heterocycles. The maximum absolute atomic E-state index is 5.93. The number of rotatable bonds is 1. The molecule has 1 unspecified atom stereocenters. The highest BCUT2D eigenvalue weighted by molar-refractivity contribution is 6.28. The minimum atomic E-state index is 0.249. The Bertz CT molecular complexity index is 397. The van der Waals surface area contributed by atoms with Gasteiger partial charge in [-0.15, -0.1) is 0 Å². The monoisotopic (exact) mass is 255 g/mol. The fraction of sp³-hybridized carbons (Fsp3) is 0.636. The van der Waals surface area contributed by atoms with E-state index in [0.29, 0.717) is 11.7 Å². The lowest BCUT2D eigenvalue weighted by atomic mass is 10.2. The fourth-order valence-corrected chi connectivity index (χ4v) is 2.41. The molecule has 2 heterocycles. The molecule has 1 aromatic rings. The summed E-state index contributed by atoms with van der Waals surface area (Å²) in [6.45, 7) is 5.22. The van der Waals surface area contributed by atoms with Crippen molar-refractivity contribution in [3.05, 3.63) is 11.5 Å². The molecule has 0 aromatic carbocycles. The first-order valence-electron chi connectivity index (χ1n) is 5.81. The molecular formula is C11H18ClN5. The van der Waals surface area contributed by atoms with Gasteiger partial charge in [0, 0.05) is 19.1 Å². The highest BCUT2D eigenvalue weighted by Crippen LogP contribution is 2.24. The van der Waals surface area contributed by atoms with Gasteiger partial charge in [-0.05, 0) is 38.5 Å². The van der Waals surface area contributed by atoms with Crippen molar-refractivity contribution < 1.29 is 0 Å². The molecule has 2 N–H and O–H groups in total. The van der Waals surface area contributed by atoms with E-state index >= 15 is 0 Å². The molecule has 0 bridgehead atoms. The molecule has 1 saturated heterocycles. The van der Waals surface area contributed by atoms with Crippen LogP contribution >= 0.6 is 11.6 Å². The zero-order valence-electron chi connectivity index (χ0n) is 10.2. The second-order valence-corrected chi connectivity index (χ2v) is 4.91. The van der Waals surface area contributed by atoms with Crippen LogP contribution in [0.2, 0.25) is 5.28 Å². The molecule has 1 atom stereocenters. The minimum Gasteiger partial charge on any atom is -0.394 e. The Labute approximate surface area is 107 Å². The van der Waals surface area contributed by atoms with E-state index in [1.165, 1.54) is 0 Å². The van der Waals surface area contributed by atoms with Gasteiger partial charge in [0.1, 0.15) is 0 Å². The van der Waals surface area contributed by atoms with Gasteiger partial charge in [-0.2, -0.15) is 4.98 Å². The quantitative estimate of drug-likeness (QED) is 0.766. The van der Waals surface area contributed by atoms with Gasteiger partial charge in [0.2, 0.25) is 5.28 Å². The van der Waals surface area contributed by atoms with Gasteiger partial charge >= 0.3 is 0 Å². The van der Waals surface area contributed by atoms with E-state index < -0.39 is 0 Å². The largest absolute Gasteiger partial charge is 0.394 e. The lowest BCUT2D eigenvalue weighted by Crippen LogP contribution is -2.38. The molecular weight excluding hydrogens is 238 g/mol. The Morgan fingerprint density at radius 3 is 3.00 bits per heavy atom. The molecule has 0 saturated carbocycles. The third kappa shape index (κ3) is 2.79. The molecule has 0 spiro atoms. The number of likely N-dealkylation sites (N-methyl/N-ethyl adjacent to an activating group) is 1. The summed E-state index contributed by atoms with van der Waals surface area (Å²) in [5, 5.41) is 0.249. The predicted octanol–water partition coefficient (Wildman–Crippen LogP) is 1.24. The van der Waals surface area contributed by atoms with Gasteiger partial charge in [0.25, 0.3) is 0 Å². The first-order valence-corrected chi connectivity index (χ1v) is 6.19. The summed E-state index contributed by atoms with van der Waals surface area (Å²) in [5.74, 6) is 0.757. The van der Waals surface area contributed by atoms with Crippen LogP contribution in [0.1, 0.15) is 13.3 Å². The van der Waals surface area contributed by atoms with Gasteiger partial charge in [-0.3, -0.25) is 0 Å². The van der Waals surface area contributed by atoms with Gasteiger partial charge < -0.3 is 15.5 Å². The summed E-state index contributed by atoms with van der Waals surface area (Å²) >= 11 is 5.84. The van der Waals surface area contributed by atoms with Crippen LogP contribution in [0.3, 0.4) is 0 Å². The lowest BCUT2D eigenvalue weighted by molar-refractivity contribution is 0.337. The van der Waals surface area contributed by atoms with Crippen molar-refractivity contribution in [2.45, 2.75) is 19.4 Å². The third-order valence-corrected chi connectivity index (χ3v) is 3.27. The molecule has 17 heavy (non-hydrogen) atoms. The molecule has 5 nitrogen and oxygen atoms in total. The standard InChI is InChI=1S/C11H18ClN5/c1-8-7-16(2)4-3-5-17(8)10-9(13)6-14-11(12)15-10/h6,8H,3-5,7,13H2,1-2H3. The van der Waals surface area contributed by atoms with Crippen molar-refractivity contribution in [3.8, 4) is 0 Å². The van der Waals surface area contributed by atoms with Gasteiger partial charge in [0.15, 0.2) is 5.82 Å². The topological polar surface area (TPSA) is 58.3 Å². The van der Waals surface area contributed by atoms with Crippen molar-refractivity contribution in [1.29, 1.82) is 0 Å². The summed E-state index contributed by atoms with van der Waals surface area (Å²) in [6.07, 6.45) is 2.67. The normalized spacial score (nSPS) is 22.5. The summed E-state index contributed by atoms with van der Waals surface area (Å²) in [5.41, 5.74) is 6.52. The number of nitrogens with zero attached hydrogens (tertiary/aromatic N) is 4. The Balaban J connectivity index is 2.28. The second-order valence-electron chi connectivity index (χ2n) is 4.58. The Morgan fingerprint density at radius 2 is 2.24 bits per heavy atom. The van der Waals surface area contributed by atoms with E-state index in [4.69, 9.17) is 17.3 Å². The number of hydrogen-bond donors (Lipinski definition) is 1. The number of nitrogens with two attached hydrogens (primary N) is 1. The van der Waals surface area contributed by atoms with E-state index in [1.807, 2.05) is 0 Å². The van der Waals surface area contributed by atoms with Crippen LogP contribution in [0.15, 0.2) is 6.20 Å². The van der Waals surface area contributed by atoms with Crippen molar-refractivity contribution >= 4 is 23.1 Å². The van der Waals surface area contributed by atoms with Crippen LogP contribution in [0.5, 0.6) is 0 Å². The zero-order valence-corrected chi connectivity index (χ0v) is 11.0. The van der Waals surface area contributed by atoms with Crippen molar-refractivity contribution in [2.75, 3.05) is 37.3 Å². The Hall–Kier alpha value is -1.07. The Kier molecular flexibility index (Phi) is 3.69. The van der Waals surface area contributed by atoms with Gasteiger partial charge in [-0.1, -0.05) is 0 Å². The van der Waals surface area contributed by atoms with Crippen molar-refractivity contribution in [3.63, 3.8) is 0 Å². The van der Waals surface area contributed by atoms with Crippen LogP contribution in [-0.2, 0) is 0 Å². The summed E-state index contributed by atoms with van der Waals surface area (Å²) in [6, 6.07) is 0.371. The third-order valence-electron chi connectivity index (χ3n) is 3.09. The average molecular weight is 256 g/mol. The maximum Gasteiger partial charge on any atom is 0.224 e. The molecule has 6 heteroatoms. The van der Waals surface area contributed by atoms with E-state index in [9.17, 15) is 0 Å². The first-order chi connectivity index (χ1) is 8.08. The highest BCUT2D eigenvalue weighted by atomic mass is 35.5. The lowest BCUT2D eigenvalue weighted by Gasteiger charge is -2.29. The summed E-state index contributed by atoms with van der Waals surface area (Å²) < 4.78 is 0.